The molecule has 0 saturated carbocycles. The summed E-state index contributed by atoms with van der Waals surface area (Å²) in [6.07, 6.45) is 6.28. The second kappa shape index (κ2) is 24.2. The predicted octanol–water partition coefficient (Wildman–Crippen LogP) is 4.08. The number of piperazine rings is 1. The Morgan fingerprint density at radius 2 is 1.43 bits per heavy atom. The Bertz CT molecular complexity index is 2290. The first-order chi connectivity index (χ1) is 32.4. The van der Waals surface area contributed by atoms with E-state index in [1.807, 2.05) is 45.0 Å². The molecular formula is C47H66N12O8. The number of benzene rings is 2. The summed E-state index contributed by atoms with van der Waals surface area (Å²) in [6.45, 7) is 9.03. The number of nitrogens with zero attached hydrogens (tertiary/aromatic N) is 7. The molecule has 362 valence electrons. The number of methoxy groups -OCH3 is 2. The van der Waals surface area contributed by atoms with Gasteiger partial charge in [-0.25, -0.2) is 9.59 Å². The summed E-state index contributed by atoms with van der Waals surface area (Å²) >= 11 is 0. The van der Waals surface area contributed by atoms with Gasteiger partial charge in [-0.1, -0.05) is 82.0 Å². The molecule has 2 fully saturated rings. The average molecular weight is 927 g/mol. The Hall–Kier alpha value is -6.73. The lowest BCUT2D eigenvalue weighted by molar-refractivity contribution is -0.134. The van der Waals surface area contributed by atoms with Crippen LogP contribution in [0.3, 0.4) is 0 Å². The Labute approximate surface area is 391 Å². The molecule has 2 aliphatic heterocycles. The van der Waals surface area contributed by atoms with Gasteiger partial charge in [0, 0.05) is 57.3 Å². The van der Waals surface area contributed by atoms with Crippen molar-refractivity contribution in [2.45, 2.75) is 109 Å². The molecule has 4 aromatic rings. The quantitative estimate of drug-likeness (QED) is 0.0895. The number of anilines is 1. The van der Waals surface area contributed by atoms with E-state index >= 15 is 0 Å². The van der Waals surface area contributed by atoms with E-state index in [2.05, 4.69) is 46.8 Å². The molecule has 4 atom stereocenters. The molecule has 5 N–H and O–H groups in total. The number of likely N-dealkylation sites (tertiary alicyclic amines) is 1. The molecule has 4 unspecified atom stereocenters. The minimum Gasteiger partial charge on any atom is -0.495 e. The molecule has 6 amide bonds. The standard InChI is InChI=1S/C47H66N12O8/c1-6-7-17-34(43(61)49-35(42-52-54-55-53-42)29-41(60)57-25-23-56(24-26-57)39-19-12-13-20-40(39)66-4)48-45(63)37(28-32-30-59(47(65)67-5)38-18-11-10-16-33(32)38)50-44(62)36(27-31(2)3)51-46(64)58-21-14-8-9-15-22-58/h10-13,16,18-20,30-31,34-37H,6-9,14-15,17,21-29H2,1-5H3,(H,48,63)(H,49,61)(H,50,62)(H,51,64)(H,52,53,54,55). The van der Waals surface area contributed by atoms with Gasteiger partial charge in [0.1, 0.15) is 29.9 Å². The molecule has 2 aromatic carbocycles. The van der Waals surface area contributed by atoms with Gasteiger partial charge in [-0.15, -0.1) is 10.2 Å². The number of H-pyrrole nitrogens is 1. The zero-order valence-electron chi connectivity index (χ0n) is 39.3. The Kier molecular flexibility index (Phi) is 17.9. The second-order valence-corrected chi connectivity index (χ2v) is 17.6. The summed E-state index contributed by atoms with van der Waals surface area (Å²) < 4.78 is 11.9. The number of para-hydroxylation sites is 3. The first-order valence-corrected chi connectivity index (χ1v) is 23.4. The highest BCUT2D eigenvalue weighted by atomic mass is 16.5. The van der Waals surface area contributed by atoms with Crippen molar-refractivity contribution in [2.75, 3.05) is 58.4 Å². The zero-order valence-corrected chi connectivity index (χ0v) is 39.3. The zero-order chi connectivity index (χ0) is 47.9. The molecule has 67 heavy (non-hydrogen) atoms. The molecule has 0 aliphatic carbocycles. The molecule has 2 aliphatic rings. The van der Waals surface area contributed by atoms with E-state index in [4.69, 9.17) is 9.47 Å². The van der Waals surface area contributed by atoms with E-state index in [1.54, 1.807) is 47.4 Å². The van der Waals surface area contributed by atoms with Crippen LogP contribution in [0, 0.1) is 5.92 Å². The largest absolute Gasteiger partial charge is 0.495 e. The van der Waals surface area contributed by atoms with Crippen LogP contribution in [0.5, 0.6) is 5.75 Å². The lowest BCUT2D eigenvalue weighted by atomic mass is 10.00. The van der Waals surface area contributed by atoms with Crippen molar-refractivity contribution in [3.8, 4) is 5.75 Å². The van der Waals surface area contributed by atoms with Crippen LogP contribution in [0.25, 0.3) is 10.9 Å². The molecule has 0 radical (unpaired) electrons. The number of unbranched alkanes of at least 4 members (excludes halogenated alkanes) is 1. The van der Waals surface area contributed by atoms with Crippen molar-refractivity contribution in [1.82, 2.24) is 56.3 Å². The number of nitrogens with one attached hydrogen (secondary N) is 5. The van der Waals surface area contributed by atoms with Crippen LogP contribution in [0.2, 0.25) is 0 Å². The van der Waals surface area contributed by atoms with Gasteiger partial charge in [-0.05, 0) is 55.4 Å². The highest BCUT2D eigenvalue weighted by Gasteiger charge is 2.34. The van der Waals surface area contributed by atoms with Crippen LogP contribution in [-0.2, 0) is 30.3 Å². The molecule has 20 heteroatoms. The summed E-state index contributed by atoms with van der Waals surface area (Å²) in [6, 6.07) is 10.2. The van der Waals surface area contributed by atoms with Gasteiger partial charge >= 0.3 is 12.1 Å². The van der Waals surface area contributed by atoms with Crippen molar-refractivity contribution in [2.24, 2.45) is 5.92 Å². The van der Waals surface area contributed by atoms with Crippen molar-refractivity contribution >= 4 is 52.3 Å². The number of tetrazole rings is 1. The monoisotopic (exact) mass is 927 g/mol. The summed E-state index contributed by atoms with van der Waals surface area (Å²) in [4.78, 5) is 89.4. The summed E-state index contributed by atoms with van der Waals surface area (Å²) in [5.41, 5.74) is 2.04. The highest BCUT2D eigenvalue weighted by Crippen LogP contribution is 2.29. The Balaban J connectivity index is 1.22. The van der Waals surface area contributed by atoms with Crippen molar-refractivity contribution in [3.05, 3.63) is 66.1 Å². The van der Waals surface area contributed by atoms with E-state index in [9.17, 15) is 28.8 Å². The number of urea groups is 1. The van der Waals surface area contributed by atoms with Gasteiger partial charge in [-0.2, -0.15) is 5.21 Å². The fraction of sp³-hybridized carbons (Fsp3) is 0.553. The second-order valence-electron chi connectivity index (χ2n) is 17.6. The number of aromatic nitrogens is 5. The SMILES string of the molecule is CCCCC(NC(=O)C(Cc1cn(C(=O)OC)c2ccccc12)NC(=O)C(CC(C)C)NC(=O)N1CCCCCC1)C(=O)NC(CC(=O)N1CCN(c2ccccc2OC)CC1)c1nn[nH]n1. The van der Waals surface area contributed by atoms with Gasteiger partial charge in [-0.3, -0.25) is 23.7 Å². The number of aromatic amines is 1. The fourth-order valence-corrected chi connectivity index (χ4v) is 8.72. The van der Waals surface area contributed by atoms with Crippen LogP contribution in [0.4, 0.5) is 15.3 Å². The van der Waals surface area contributed by atoms with Gasteiger partial charge in [0.05, 0.1) is 31.8 Å². The fourth-order valence-electron chi connectivity index (χ4n) is 8.72. The maximum Gasteiger partial charge on any atom is 0.418 e. The minimum absolute atomic E-state index is 0.00893. The third-order valence-corrected chi connectivity index (χ3v) is 12.3. The molecule has 2 aromatic heterocycles. The molecule has 4 heterocycles. The van der Waals surface area contributed by atoms with E-state index in [1.165, 1.54) is 11.7 Å². The smallest absolute Gasteiger partial charge is 0.418 e. The van der Waals surface area contributed by atoms with Gasteiger partial charge in [0.2, 0.25) is 23.6 Å². The number of carbonyl (C=O) groups excluding carboxylic acids is 6. The first kappa shape index (κ1) is 49.7. The molecule has 0 spiro atoms. The maximum atomic E-state index is 14.7. The summed E-state index contributed by atoms with van der Waals surface area (Å²) in [7, 11) is 2.89. The number of fused-ring (bicyclic) bond motifs is 1. The normalized spacial score (nSPS) is 16.1. The number of ether oxygens (including phenoxy) is 2. The number of rotatable bonds is 19. The van der Waals surface area contributed by atoms with Crippen LogP contribution in [0.15, 0.2) is 54.7 Å². The van der Waals surface area contributed by atoms with Gasteiger partial charge in [0.15, 0.2) is 5.82 Å². The van der Waals surface area contributed by atoms with Crippen molar-refractivity contribution in [1.29, 1.82) is 0 Å². The van der Waals surface area contributed by atoms with Crippen LogP contribution in [0.1, 0.15) is 96.0 Å². The van der Waals surface area contributed by atoms with Crippen molar-refractivity contribution < 1.29 is 38.2 Å². The molecule has 6 rings (SSSR count). The van der Waals surface area contributed by atoms with Crippen LogP contribution < -0.4 is 30.9 Å². The van der Waals surface area contributed by atoms with E-state index < -0.39 is 48.0 Å². The predicted molar refractivity (Wildman–Crippen MR) is 250 cm³/mol. The number of amides is 6. The topological polar surface area (TPSA) is 238 Å². The van der Waals surface area contributed by atoms with Crippen LogP contribution in [-0.4, -0.2) is 142 Å². The first-order valence-electron chi connectivity index (χ1n) is 23.4. The number of hydrogen-bond donors (Lipinski definition) is 5. The Morgan fingerprint density at radius 3 is 2.10 bits per heavy atom. The lowest BCUT2D eigenvalue weighted by Gasteiger charge is -2.37. The average Bonchev–Trinajstić information content (AvgIpc) is 3.92. The van der Waals surface area contributed by atoms with E-state index in [0.29, 0.717) is 75.0 Å². The van der Waals surface area contributed by atoms with Gasteiger partial charge < -0.3 is 45.4 Å². The molecule has 0 bridgehead atoms. The molecule has 20 nitrogen and oxygen atoms in total. The molecular weight excluding hydrogens is 861 g/mol. The third kappa shape index (κ3) is 13.2. The lowest BCUT2D eigenvalue weighted by Crippen LogP contribution is -2.58. The summed E-state index contributed by atoms with van der Waals surface area (Å²) in [5, 5.41) is 26.6. The van der Waals surface area contributed by atoms with Crippen molar-refractivity contribution in [3.63, 3.8) is 0 Å². The number of hydrogen-bond acceptors (Lipinski definition) is 12. The van der Waals surface area contributed by atoms with Crippen LogP contribution >= 0.6 is 0 Å². The summed E-state index contributed by atoms with van der Waals surface area (Å²) in [5.74, 6) is -1.19. The molecule has 2 saturated heterocycles. The Morgan fingerprint density at radius 1 is 0.761 bits per heavy atom. The highest BCUT2D eigenvalue weighted by molar-refractivity contribution is 5.96. The maximum absolute atomic E-state index is 14.7. The third-order valence-electron chi connectivity index (χ3n) is 12.3. The van der Waals surface area contributed by atoms with E-state index in [0.717, 1.165) is 37.1 Å². The van der Waals surface area contributed by atoms with Gasteiger partial charge in [0.25, 0.3) is 0 Å². The number of carbonyl (C=O) groups is 6. The minimum atomic E-state index is -1.27. The van der Waals surface area contributed by atoms with E-state index in [-0.39, 0.29) is 42.9 Å².